The second kappa shape index (κ2) is 11.6. The van der Waals surface area contributed by atoms with E-state index in [1.54, 1.807) is 7.11 Å². The third kappa shape index (κ3) is 4.99. The zero-order valence-electron chi connectivity index (χ0n) is 27.2. The molecule has 2 saturated carbocycles. The fourth-order valence-electron chi connectivity index (χ4n) is 7.97. The lowest BCUT2D eigenvalue weighted by Crippen LogP contribution is -2.58. The first-order valence-corrected chi connectivity index (χ1v) is 16.9. The summed E-state index contributed by atoms with van der Waals surface area (Å²) in [6.45, 7) is 3.70. The fourth-order valence-corrected chi connectivity index (χ4v) is 7.97. The molecule has 4 heterocycles. The van der Waals surface area contributed by atoms with Crippen LogP contribution in [0.15, 0.2) is 60.7 Å². The number of imidazole rings is 1. The largest absolute Gasteiger partial charge is 0.494 e. The summed E-state index contributed by atoms with van der Waals surface area (Å²) in [4.78, 5) is 34.1. The Balaban J connectivity index is 1.27. The average molecular weight is 632 g/mol. The Hall–Kier alpha value is -4.63. The average Bonchev–Trinajstić information content (AvgIpc) is 3.76. The maximum Gasteiger partial charge on any atom is 0.338 e. The Morgan fingerprint density at radius 1 is 0.979 bits per heavy atom. The molecule has 47 heavy (non-hydrogen) atoms. The minimum absolute atomic E-state index is 0.0201. The molecule has 3 atom stereocenters. The predicted octanol–water partition coefficient (Wildman–Crippen LogP) is 6.41. The summed E-state index contributed by atoms with van der Waals surface area (Å²) >= 11 is 0. The van der Waals surface area contributed by atoms with Crippen molar-refractivity contribution in [3.8, 4) is 28.4 Å². The summed E-state index contributed by atoms with van der Waals surface area (Å²) in [5.74, 6) is 2.06. The highest BCUT2D eigenvalue weighted by molar-refractivity contribution is 6.05. The predicted molar refractivity (Wildman–Crippen MR) is 182 cm³/mol. The summed E-state index contributed by atoms with van der Waals surface area (Å²) < 4.78 is 15.8. The van der Waals surface area contributed by atoms with E-state index in [0.29, 0.717) is 41.9 Å². The molecule has 2 aliphatic carbocycles. The number of nitrogens with zero attached hydrogens (tertiary/aromatic N) is 4. The van der Waals surface area contributed by atoms with Crippen molar-refractivity contribution in [2.45, 2.75) is 57.7 Å². The van der Waals surface area contributed by atoms with Gasteiger partial charge in [-0.15, -0.1) is 0 Å². The highest BCUT2D eigenvalue weighted by Gasteiger charge is 2.41. The monoisotopic (exact) mass is 631 g/mol. The highest BCUT2D eigenvalue weighted by Crippen LogP contribution is 2.42. The van der Waals surface area contributed by atoms with Crippen LogP contribution in [0, 0.1) is 11.8 Å². The first-order chi connectivity index (χ1) is 22.9. The summed E-state index contributed by atoms with van der Waals surface area (Å²) in [6.07, 6.45) is 5.33. The van der Waals surface area contributed by atoms with Crippen molar-refractivity contribution in [2.24, 2.45) is 24.6 Å². The zero-order valence-corrected chi connectivity index (χ0v) is 27.2. The van der Waals surface area contributed by atoms with Crippen molar-refractivity contribution in [3.05, 3.63) is 71.8 Å². The molecular weight excluding hydrogens is 590 g/mol. The number of benzene rings is 3. The first kappa shape index (κ1) is 29.8. The van der Waals surface area contributed by atoms with Crippen LogP contribution in [0.4, 0.5) is 0 Å². The number of nitrogens with two attached hydrogens (primary N) is 1. The van der Waals surface area contributed by atoms with E-state index in [4.69, 9.17) is 20.2 Å². The molecule has 9 nitrogen and oxygen atoms in total. The number of para-hydroxylation sites is 1. The molecule has 4 fully saturated rings. The maximum atomic E-state index is 13.9. The highest BCUT2D eigenvalue weighted by atomic mass is 16.5. The van der Waals surface area contributed by atoms with E-state index in [9.17, 15) is 9.59 Å². The number of piperidine rings is 2. The standard InChI is InChI=1S/C38H41N5O4/c1-4-47-38(45)29-10-6-5-9-27(29)28-11-7-8-23-17-32(43(34(23)28)20-22-12-13-22)36-40-31-16-25(18-33(46-3)35(31)41(36)2)37(44)42-21-24-14-15-26(42)19-30(24)39/h5-11,16-18,22,24,26,30H,4,12-15,19-21,39H2,1-3H3/t24-,26-,30+/m1/s1. The van der Waals surface area contributed by atoms with Gasteiger partial charge in [-0.1, -0.05) is 36.4 Å². The lowest BCUT2D eigenvalue weighted by Gasteiger charge is -2.48. The lowest BCUT2D eigenvalue weighted by atomic mass is 9.76. The van der Waals surface area contributed by atoms with Crippen molar-refractivity contribution < 1.29 is 19.1 Å². The van der Waals surface area contributed by atoms with Gasteiger partial charge in [0.25, 0.3) is 5.91 Å². The molecule has 4 aliphatic rings. The van der Waals surface area contributed by atoms with Gasteiger partial charge in [0.2, 0.25) is 0 Å². The van der Waals surface area contributed by atoms with Gasteiger partial charge in [-0.2, -0.15) is 0 Å². The van der Waals surface area contributed by atoms with Gasteiger partial charge >= 0.3 is 5.97 Å². The van der Waals surface area contributed by atoms with E-state index < -0.39 is 0 Å². The fraction of sp³-hybridized carbons (Fsp3) is 0.395. The summed E-state index contributed by atoms with van der Waals surface area (Å²) in [7, 11) is 3.66. The van der Waals surface area contributed by atoms with Crippen molar-refractivity contribution in [1.82, 2.24) is 19.0 Å². The van der Waals surface area contributed by atoms with Gasteiger partial charge < -0.3 is 29.2 Å². The van der Waals surface area contributed by atoms with Crippen LogP contribution in [0.3, 0.4) is 0 Å². The number of rotatable bonds is 8. The second-order valence-corrected chi connectivity index (χ2v) is 13.5. The maximum absolute atomic E-state index is 13.9. The number of carbonyl (C=O) groups is 2. The second-order valence-electron chi connectivity index (χ2n) is 13.5. The molecule has 2 aromatic heterocycles. The normalized spacial score (nSPS) is 20.7. The Labute approximate surface area is 274 Å². The van der Waals surface area contributed by atoms with Crippen LogP contribution in [0.5, 0.6) is 5.75 Å². The number of esters is 1. The molecule has 3 aromatic carbocycles. The van der Waals surface area contributed by atoms with Gasteiger partial charge in [0.15, 0.2) is 5.82 Å². The molecule has 2 N–H and O–H groups in total. The number of carbonyl (C=O) groups excluding carboxylic acids is 2. The molecular formula is C38H41N5O4. The van der Waals surface area contributed by atoms with Crippen molar-refractivity contribution in [2.75, 3.05) is 20.3 Å². The molecule has 1 amide bonds. The van der Waals surface area contributed by atoms with Gasteiger partial charge in [0.1, 0.15) is 11.3 Å². The van der Waals surface area contributed by atoms with Gasteiger partial charge in [0.05, 0.1) is 36.0 Å². The molecule has 0 spiro atoms. The number of methoxy groups -OCH3 is 1. The van der Waals surface area contributed by atoms with Crippen LogP contribution in [-0.4, -0.2) is 63.2 Å². The summed E-state index contributed by atoms with van der Waals surface area (Å²) in [6, 6.07) is 20.3. The molecule has 242 valence electrons. The Morgan fingerprint density at radius 2 is 1.79 bits per heavy atom. The summed E-state index contributed by atoms with van der Waals surface area (Å²) in [5.41, 5.74) is 13.0. The minimum atomic E-state index is -0.325. The van der Waals surface area contributed by atoms with Crippen LogP contribution < -0.4 is 10.5 Å². The first-order valence-electron chi connectivity index (χ1n) is 16.9. The van der Waals surface area contributed by atoms with Gasteiger partial charge in [0, 0.05) is 48.7 Å². The number of ether oxygens (including phenoxy) is 2. The number of aryl methyl sites for hydroxylation is 1. The van der Waals surface area contributed by atoms with E-state index >= 15 is 0 Å². The van der Waals surface area contributed by atoms with Crippen LogP contribution in [0.25, 0.3) is 44.6 Å². The lowest BCUT2D eigenvalue weighted by molar-refractivity contribution is 0.0261. The number of hydrogen-bond acceptors (Lipinski definition) is 6. The summed E-state index contributed by atoms with van der Waals surface area (Å²) in [5, 5.41) is 1.07. The number of aromatic nitrogens is 3. The third-order valence-corrected chi connectivity index (χ3v) is 10.6. The molecule has 2 bridgehead atoms. The van der Waals surface area contributed by atoms with Crippen LogP contribution in [-0.2, 0) is 18.3 Å². The molecule has 9 heteroatoms. The van der Waals surface area contributed by atoms with E-state index in [2.05, 4.69) is 27.3 Å². The number of amides is 1. The molecule has 5 aromatic rings. The van der Waals surface area contributed by atoms with Crippen molar-refractivity contribution in [1.29, 1.82) is 0 Å². The van der Waals surface area contributed by atoms with Crippen LogP contribution >= 0.6 is 0 Å². The molecule has 0 radical (unpaired) electrons. The zero-order chi connectivity index (χ0) is 32.4. The third-order valence-electron chi connectivity index (χ3n) is 10.6. The van der Waals surface area contributed by atoms with E-state index in [1.807, 2.05) is 61.3 Å². The SMILES string of the molecule is CCOC(=O)c1ccccc1-c1cccc2cc(-c3nc4cc(C(=O)N5C[C@H]6CC[C@@H]5C[C@@H]6N)cc(OC)c4n3C)n(CC3CC3)c12. The Kier molecular flexibility index (Phi) is 7.32. The quantitative estimate of drug-likeness (QED) is 0.199. The van der Waals surface area contributed by atoms with Gasteiger partial charge in [-0.05, 0) is 80.7 Å². The van der Waals surface area contributed by atoms with Gasteiger partial charge in [-0.3, -0.25) is 4.79 Å². The Morgan fingerprint density at radius 3 is 2.51 bits per heavy atom. The smallest absolute Gasteiger partial charge is 0.338 e. The van der Waals surface area contributed by atoms with Crippen LogP contribution in [0.2, 0.25) is 0 Å². The van der Waals surface area contributed by atoms with Crippen molar-refractivity contribution >= 4 is 33.8 Å². The van der Waals surface area contributed by atoms with E-state index in [1.165, 1.54) is 12.8 Å². The van der Waals surface area contributed by atoms with Crippen LogP contribution in [0.1, 0.15) is 59.7 Å². The van der Waals surface area contributed by atoms with E-state index in [-0.39, 0.29) is 24.0 Å². The van der Waals surface area contributed by atoms with E-state index in [0.717, 1.165) is 70.4 Å². The number of fused-ring (bicyclic) bond motifs is 5. The minimum Gasteiger partial charge on any atom is -0.494 e. The molecule has 9 rings (SSSR count). The topological polar surface area (TPSA) is 105 Å². The molecule has 2 aliphatic heterocycles. The van der Waals surface area contributed by atoms with Crippen molar-refractivity contribution in [3.63, 3.8) is 0 Å². The molecule has 0 unspecified atom stereocenters. The Bertz CT molecular complexity index is 2040. The van der Waals surface area contributed by atoms with Gasteiger partial charge in [-0.25, -0.2) is 9.78 Å². The number of hydrogen-bond donors (Lipinski definition) is 1. The molecule has 2 saturated heterocycles.